The number of nitrogens with zero attached hydrogens (tertiary/aromatic N) is 5. The van der Waals surface area contributed by atoms with Crippen LogP contribution in [0.2, 0.25) is 0 Å². The number of aliphatic hydroxyl groups is 3. The number of anilines is 1. The summed E-state index contributed by atoms with van der Waals surface area (Å²) < 4.78 is 7.57. The average Bonchev–Trinajstić information content (AvgIpc) is 3.30. The van der Waals surface area contributed by atoms with Crippen molar-refractivity contribution < 1.29 is 24.9 Å². The maximum atomic E-state index is 12.5. The Bertz CT molecular complexity index is 1360. The summed E-state index contributed by atoms with van der Waals surface area (Å²) in [7, 11) is 0. The lowest BCUT2D eigenvalue weighted by atomic mass is 10.0. The smallest absolute Gasteiger partial charge is 0.255 e. The van der Waals surface area contributed by atoms with E-state index in [9.17, 15) is 20.1 Å². The number of hydrogen-bond acceptors (Lipinski definition) is 9. The van der Waals surface area contributed by atoms with Crippen LogP contribution in [-0.2, 0) is 4.79 Å². The molecule has 1 saturated heterocycles. The lowest BCUT2D eigenvalue weighted by Crippen LogP contribution is -2.51. The van der Waals surface area contributed by atoms with Gasteiger partial charge in [-0.25, -0.2) is 14.6 Å². The number of benzene rings is 2. The van der Waals surface area contributed by atoms with Gasteiger partial charge in [-0.15, -0.1) is 0 Å². The third kappa shape index (κ3) is 4.47. The van der Waals surface area contributed by atoms with Crippen molar-refractivity contribution in [1.29, 1.82) is 0 Å². The summed E-state index contributed by atoms with van der Waals surface area (Å²) in [5.74, 6) is 0.915. The lowest BCUT2D eigenvalue weighted by molar-refractivity contribution is -0.157. The van der Waals surface area contributed by atoms with Crippen LogP contribution in [0.1, 0.15) is 18.9 Å². The second-order valence-corrected chi connectivity index (χ2v) is 8.59. The number of amides is 1. The molecule has 3 atom stereocenters. The van der Waals surface area contributed by atoms with Gasteiger partial charge in [-0.1, -0.05) is 18.2 Å². The Kier molecular flexibility index (Phi) is 6.51. The van der Waals surface area contributed by atoms with Crippen LogP contribution < -0.4 is 10.5 Å². The molecule has 0 saturated carbocycles. The standard InChI is InChI=1S/C25H26N6O5/c26-23-21-22(15-6-9-18(10-7-15)36-17-4-2-1-3-5-17)29-31(24(21)28-14-27-23)16-8-11-20(34)30(12-16)25(35)19(33)13-32/h1-7,9-10,14,16,19-20,32-34H,8,11-13H2,(H2,26,27,28). The molecule has 1 aliphatic heterocycles. The quantitative estimate of drug-likeness (QED) is 0.315. The molecule has 0 spiro atoms. The van der Waals surface area contributed by atoms with Crippen molar-refractivity contribution in [1.82, 2.24) is 24.6 Å². The van der Waals surface area contributed by atoms with Gasteiger partial charge in [0, 0.05) is 12.1 Å². The second kappa shape index (κ2) is 9.90. The second-order valence-electron chi connectivity index (χ2n) is 8.59. The molecular weight excluding hydrogens is 464 g/mol. The Balaban J connectivity index is 1.48. The molecule has 186 valence electrons. The maximum Gasteiger partial charge on any atom is 0.255 e. The van der Waals surface area contributed by atoms with Crippen LogP contribution in [0.5, 0.6) is 11.5 Å². The van der Waals surface area contributed by atoms with Crippen molar-refractivity contribution in [2.75, 3.05) is 18.9 Å². The van der Waals surface area contributed by atoms with Crippen LogP contribution in [0, 0.1) is 0 Å². The van der Waals surface area contributed by atoms with E-state index in [2.05, 4.69) is 9.97 Å². The zero-order valence-corrected chi connectivity index (χ0v) is 19.3. The molecule has 2 aromatic carbocycles. The van der Waals surface area contributed by atoms with Gasteiger partial charge in [0.15, 0.2) is 11.8 Å². The van der Waals surface area contributed by atoms with E-state index in [-0.39, 0.29) is 24.8 Å². The number of likely N-dealkylation sites (tertiary alicyclic amines) is 1. The van der Waals surface area contributed by atoms with Gasteiger partial charge in [-0.05, 0) is 49.2 Å². The first kappa shape index (κ1) is 23.7. The topological polar surface area (TPSA) is 160 Å². The monoisotopic (exact) mass is 490 g/mol. The summed E-state index contributed by atoms with van der Waals surface area (Å²) in [4.78, 5) is 22.2. The molecule has 0 bridgehead atoms. The van der Waals surface area contributed by atoms with E-state index in [1.807, 2.05) is 54.6 Å². The number of para-hydroxylation sites is 1. The zero-order valence-electron chi connectivity index (χ0n) is 19.3. The highest BCUT2D eigenvalue weighted by molar-refractivity contribution is 5.98. The van der Waals surface area contributed by atoms with Crippen LogP contribution in [0.3, 0.4) is 0 Å². The zero-order chi connectivity index (χ0) is 25.2. The summed E-state index contributed by atoms with van der Waals surface area (Å²) in [6.07, 6.45) is -0.514. The number of ether oxygens (including phenoxy) is 1. The minimum atomic E-state index is -1.60. The number of carbonyl (C=O) groups excluding carboxylic acids is 1. The summed E-state index contributed by atoms with van der Waals surface area (Å²) in [6.45, 7) is -0.643. The number of aliphatic hydroxyl groups excluding tert-OH is 3. The normalized spacial score (nSPS) is 18.8. The number of hydrogen-bond donors (Lipinski definition) is 4. The third-order valence-corrected chi connectivity index (χ3v) is 6.24. The third-order valence-electron chi connectivity index (χ3n) is 6.24. The highest BCUT2D eigenvalue weighted by atomic mass is 16.5. The first-order valence-corrected chi connectivity index (χ1v) is 11.6. The van der Waals surface area contributed by atoms with E-state index in [0.717, 1.165) is 16.2 Å². The van der Waals surface area contributed by atoms with E-state index in [4.69, 9.17) is 15.6 Å². The number of carbonyl (C=O) groups is 1. The summed E-state index contributed by atoms with van der Waals surface area (Å²) >= 11 is 0. The van der Waals surface area contributed by atoms with Gasteiger partial charge < -0.3 is 30.7 Å². The molecule has 11 nitrogen and oxygen atoms in total. The van der Waals surface area contributed by atoms with Crippen molar-refractivity contribution in [3.05, 3.63) is 60.9 Å². The number of rotatable bonds is 6. The fourth-order valence-corrected chi connectivity index (χ4v) is 4.40. The first-order valence-electron chi connectivity index (χ1n) is 11.6. The number of nitrogen functional groups attached to an aromatic ring is 1. The molecule has 1 fully saturated rings. The SMILES string of the molecule is Nc1ncnc2c1c(-c1ccc(Oc3ccccc3)cc1)nn2C1CCC(O)N(C(=O)C(O)CO)C1. The van der Waals surface area contributed by atoms with Crippen LogP contribution in [0.25, 0.3) is 22.3 Å². The van der Waals surface area contributed by atoms with E-state index in [0.29, 0.717) is 28.9 Å². The Labute approximate surface area is 206 Å². The van der Waals surface area contributed by atoms with E-state index in [1.165, 1.54) is 6.33 Å². The van der Waals surface area contributed by atoms with Crippen LogP contribution in [0.4, 0.5) is 5.82 Å². The van der Waals surface area contributed by atoms with Crippen molar-refractivity contribution in [2.24, 2.45) is 0 Å². The van der Waals surface area contributed by atoms with E-state index >= 15 is 0 Å². The molecule has 36 heavy (non-hydrogen) atoms. The van der Waals surface area contributed by atoms with Gasteiger partial charge in [0.2, 0.25) is 0 Å². The molecule has 0 radical (unpaired) electrons. The van der Waals surface area contributed by atoms with Crippen molar-refractivity contribution >= 4 is 22.8 Å². The van der Waals surface area contributed by atoms with E-state index < -0.39 is 24.8 Å². The molecular formula is C25H26N6O5. The predicted molar refractivity (Wildman–Crippen MR) is 131 cm³/mol. The number of aromatic nitrogens is 4. The van der Waals surface area contributed by atoms with E-state index in [1.54, 1.807) is 4.68 Å². The minimum absolute atomic E-state index is 0.0844. The molecule has 2 aromatic heterocycles. The Morgan fingerprint density at radius 1 is 1.08 bits per heavy atom. The molecule has 3 heterocycles. The van der Waals surface area contributed by atoms with Crippen molar-refractivity contribution in [3.8, 4) is 22.8 Å². The Morgan fingerprint density at radius 3 is 2.53 bits per heavy atom. The molecule has 11 heteroatoms. The predicted octanol–water partition coefficient (Wildman–Crippen LogP) is 1.70. The number of fused-ring (bicyclic) bond motifs is 1. The summed E-state index contributed by atoms with van der Waals surface area (Å²) in [6, 6.07) is 16.5. The van der Waals surface area contributed by atoms with Gasteiger partial charge in [0.1, 0.15) is 35.6 Å². The molecule has 1 aliphatic rings. The van der Waals surface area contributed by atoms with Gasteiger partial charge >= 0.3 is 0 Å². The molecule has 1 amide bonds. The Morgan fingerprint density at radius 2 is 1.81 bits per heavy atom. The van der Waals surface area contributed by atoms with Gasteiger partial charge in [-0.2, -0.15) is 5.10 Å². The van der Waals surface area contributed by atoms with Gasteiger partial charge in [0.05, 0.1) is 18.0 Å². The summed E-state index contributed by atoms with van der Waals surface area (Å²) in [5, 5.41) is 34.7. The summed E-state index contributed by atoms with van der Waals surface area (Å²) in [5.41, 5.74) is 8.08. The highest BCUT2D eigenvalue weighted by Gasteiger charge is 2.35. The van der Waals surface area contributed by atoms with Crippen molar-refractivity contribution in [2.45, 2.75) is 31.2 Å². The molecule has 3 unspecified atom stereocenters. The largest absolute Gasteiger partial charge is 0.457 e. The highest BCUT2D eigenvalue weighted by Crippen LogP contribution is 2.35. The first-order chi connectivity index (χ1) is 17.5. The van der Waals surface area contributed by atoms with Crippen molar-refractivity contribution in [3.63, 3.8) is 0 Å². The molecule has 4 aromatic rings. The maximum absolute atomic E-state index is 12.5. The molecule has 5 N–H and O–H groups in total. The van der Waals surface area contributed by atoms with Crippen LogP contribution >= 0.6 is 0 Å². The van der Waals surface area contributed by atoms with Gasteiger partial charge in [0.25, 0.3) is 5.91 Å². The van der Waals surface area contributed by atoms with Crippen LogP contribution in [-0.4, -0.2) is 71.4 Å². The molecule has 5 rings (SSSR count). The van der Waals surface area contributed by atoms with Gasteiger partial charge in [-0.3, -0.25) is 4.79 Å². The average molecular weight is 491 g/mol. The number of piperidine rings is 1. The fraction of sp³-hybridized carbons (Fsp3) is 0.280. The van der Waals surface area contributed by atoms with Crippen LogP contribution in [0.15, 0.2) is 60.9 Å². The number of nitrogens with two attached hydrogens (primary N) is 1. The minimum Gasteiger partial charge on any atom is -0.457 e. The molecule has 0 aliphatic carbocycles. The fourth-order valence-electron chi connectivity index (χ4n) is 4.40. The Hall–Kier alpha value is -4.06. The lowest BCUT2D eigenvalue weighted by Gasteiger charge is -2.37.